The van der Waals surface area contributed by atoms with Gasteiger partial charge in [0.2, 0.25) is 0 Å². The first kappa shape index (κ1) is 15.8. The largest absolute Gasteiger partial charge is 0.392 e. The maximum Gasteiger partial charge on any atom is 0.292 e. The van der Waals surface area contributed by atoms with Gasteiger partial charge in [-0.3, -0.25) is 10.1 Å². The zero-order chi connectivity index (χ0) is 15.6. The number of nitro benzene ring substituents is 1. The van der Waals surface area contributed by atoms with Crippen LogP contribution in [0.3, 0.4) is 0 Å². The van der Waals surface area contributed by atoms with Gasteiger partial charge in [0.1, 0.15) is 5.69 Å². The molecule has 1 N–H and O–H groups in total. The lowest BCUT2D eigenvalue weighted by Crippen LogP contribution is -2.38. The predicted molar refractivity (Wildman–Crippen MR) is 83.4 cm³/mol. The summed E-state index contributed by atoms with van der Waals surface area (Å²) in [5.41, 5.74) is 1.63. The average Bonchev–Trinajstić information content (AvgIpc) is 2.45. The van der Waals surface area contributed by atoms with E-state index in [1.807, 2.05) is 0 Å². The van der Waals surface area contributed by atoms with Crippen LogP contribution < -0.4 is 4.90 Å². The summed E-state index contributed by atoms with van der Waals surface area (Å²) in [4.78, 5) is 13.0. The van der Waals surface area contributed by atoms with Crippen molar-refractivity contribution in [3.63, 3.8) is 0 Å². The van der Waals surface area contributed by atoms with Crippen LogP contribution in [0.15, 0.2) is 18.2 Å². The van der Waals surface area contributed by atoms with E-state index >= 15 is 0 Å². The molecule has 1 heterocycles. The van der Waals surface area contributed by atoms with Gasteiger partial charge in [0.25, 0.3) is 5.69 Å². The Morgan fingerprint density at radius 2 is 1.95 bits per heavy atom. The van der Waals surface area contributed by atoms with Crippen molar-refractivity contribution in [2.75, 3.05) is 18.0 Å². The van der Waals surface area contributed by atoms with Crippen molar-refractivity contribution in [2.24, 2.45) is 11.3 Å². The zero-order valence-corrected chi connectivity index (χ0v) is 13.0. The van der Waals surface area contributed by atoms with E-state index in [1.165, 1.54) is 6.07 Å². The van der Waals surface area contributed by atoms with Crippen molar-refractivity contribution in [3.8, 4) is 0 Å². The molecule has 0 radical (unpaired) electrons. The molecule has 0 saturated carbocycles. The summed E-state index contributed by atoms with van der Waals surface area (Å²) in [5.74, 6) is 0.657. The van der Waals surface area contributed by atoms with E-state index in [-0.39, 0.29) is 17.2 Å². The maximum absolute atomic E-state index is 11.3. The number of nitro groups is 1. The molecule has 0 atom stereocenters. The smallest absolute Gasteiger partial charge is 0.292 e. The minimum Gasteiger partial charge on any atom is -0.392 e. The predicted octanol–water partition coefficient (Wildman–Crippen LogP) is 3.35. The van der Waals surface area contributed by atoms with Crippen LogP contribution in [0.25, 0.3) is 0 Å². The van der Waals surface area contributed by atoms with Crippen molar-refractivity contribution in [3.05, 3.63) is 33.9 Å². The second kappa shape index (κ2) is 6.02. The summed E-state index contributed by atoms with van der Waals surface area (Å²) in [7, 11) is 0. The second-order valence-electron chi connectivity index (χ2n) is 6.87. The quantitative estimate of drug-likeness (QED) is 0.685. The Hall–Kier alpha value is -1.62. The number of piperidine rings is 1. The summed E-state index contributed by atoms with van der Waals surface area (Å²) in [6.07, 6.45) is 2.12. The molecule has 5 heteroatoms. The Morgan fingerprint density at radius 1 is 1.33 bits per heavy atom. The fraction of sp³-hybridized carbons (Fsp3) is 0.625. The number of nitrogens with zero attached hydrogens (tertiary/aromatic N) is 2. The van der Waals surface area contributed by atoms with Gasteiger partial charge in [-0.2, -0.15) is 0 Å². The van der Waals surface area contributed by atoms with Crippen LogP contribution >= 0.6 is 0 Å². The minimum absolute atomic E-state index is 0.0933. The number of aliphatic hydroxyl groups excluding tert-OH is 1. The molecule has 1 aromatic rings. The fourth-order valence-corrected chi connectivity index (χ4v) is 3.07. The molecule has 116 valence electrons. The van der Waals surface area contributed by atoms with Gasteiger partial charge in [0.05, 0.1) is 11.5 Å². The van der Waals surface area contributed by atoms with Gasteiger partial charge >= 0.3 is 0 Å². The highest BCUT2D eigenvalue weighted by Crippen LogP contribution is 2.37. The van der Waals surface area contributed by atoms with Gasteiger partial charge in [-0.25, -0.2) is 0 Å². The highest BCUT2D eigenvalue weighted by Gasteiger charge is 2.30. The molecule has 1 fully saturated rings. The van der Waals surface area contributed by atoms with Gasteiger partial charge in [-0.1, -0.05) is 26.8 Å². The average molecular weight is 292 g/mol. The normalized spacial score (nSPS) is 17.0. The first-order valence-electron chi connectivity index (χ1n) is 7.46. The second-order valence-corrected chi connectivity index (χ2v) is 6.87. The van der Waals surface area contributed by atoms with Crippen LogP contribution in [0.1, 0.15) is 39.2 Å². The van der Waals surface area contributed by atoms with Gasteiger partial charge in [-0.05, 0) is 35.8 Å². The van der Waals surface area contributed by atoms with E-state index in [4.69, 9.17) is 5.11 Å². The van der Waals surface area contributed by atoms with E-state index in [2.05, 4.69) is 25.7 Å². The zero-order valence-electron chi connectivity index (χ0n) is 13.0. The highest BCUT2D eigenvalue weighted by atomic mass is 16.6. The molecule has 0 aliphatic carbocycles. The first-order valence-corrected chi connectivity index (χ1v) is 7.46. The Labute approximate surface area is 125 Å². The van der Waals surface area contributed by atoms with Gasteiger partial charge in [-0.15, -0.1) is 0 Å². The maximum atomic E-state index is 11.3. The van der Waals surface area contributed by atoms with E-state index in [9.17, 15) is 10.1 Å². The number of aliphatic hydroxyl groups is 1. The van der Waals surface area contributed by atoms with Crippen LogP contribution in [-0.4, -0.2) is 23.1 Å². The molecule has 0 amide bonds. The molecule has 0 unspecified atom stereocenters. The molecule has 0 bridgehead atoms. The molecule has 1 aliphatic heterocycles. The standard InChI is InChI=1S/C16H24N2O3/c1-16(2,3)13-6-8-17(9-7-13)14-5-4-12(11-19)10-15(14)18(20)21/h4-5,10,13,19H,6-9,11H2,1-3H3. The molecule has 2 rings (SSSR count). The fourth-order valence-electron chi connectivity index (χ4n) is 3.07. The Kier molecular flexibility index (Phi) is 4.52. The van der Waals surface area contributed by atoms with Crippen LogP contribution in [0, 0.1) is 21.4 Å². The molecule has 1 saturated heterocycles. The van der Waals surface area contributed by atoms with Crippen LogP contribution in [0.4, 0.5) is 11.4 Å². The lowest BCUT2D eigenvalue weighted by Gasteiger charge is -2.39. The molecular weight excluding hydrogens is 268 g/mol. The van der Waals surface area contributed by atoms with Crippen LogP contribution in [-0.2, 0) is 6.61 Å². The number of benzene rings is 1. The van der Waals surface area contributed by atoms with Crippen molar-refractivity contribution >= 4 is 11.4 Å². The third-order valence-corrected chi connectivity index (χ3v) is 4.48. The van der Waals surface area contributed by atoms with Crippen LogP contribution in [0.2, 0.25) is 0 Å². The first-order chi connectivity index (χ1) is 9.82. The Morgan fingerprint density at radius 3 is 2.43 bits per heavy atom. The Bertz CT molecular complexity index is 515. The van der Waals surface area contributed by atoms with E-state index < -0.39 is 0 Å². The SMILES string of the molecule is CC(C)(C)C1CCN(c2ccc(CO)cc2[N+](=O)[O-])CC1. The minimum atomic E-state index is -0.357. The summed E-state index contributed by atoms with van der Waals surface area (Å²) in [5, 5.41) is 20.4. The molecule has 1 aromatic carbocycles. The van der Waals surface area contributed by atoms with E-state index in [1.54, 1.807) is 12.1 Å². The summed E-state index contributed by atoms with van der Waals surface area (Å²) in [6, 6.07) is 5.00. The van der Waals surface area contributed by atoms with Crippen molar-refractivity contribution in [1.82, 2.24) is 0 Å². The monoisotopic (exact) mass is 292 g/mol. The van der Waals surface area contributed by atoms with Gasteiger partial charge in [0, 0.05) is 19.2 Å². The lowest BCUT2D eigenvalue weighted by molar-refractivity contribution is -0.384. The van der Waals surface area contributed by atoms with Crippen molar-refractivity contribution < 1.29 is 10.0 Å². The number of hydrogen-bond donors (Lipinski definition) is 1. The molecular formula is C16H24N2O3. The third-order valence-electron chi connectivity index (χ3n) is 4.48. The highest BCUT2D eigenvalue weighted by molar-refractivity contribution is 5.64. The topological polar surface area (TPSA) is 66.6 Å². The number of rotatable bonds is 3. The number of anilines is 1. The summed E-state index contributed by atoms with van der Waals surface area (Å²) in [6.45, 7) is 8.29. The van der Waals surface area contributed by atoms with Gasteiger partial charge in [0.15, 0.2) is 0 Å². The van der Waals surface area contributed by atoms with Crippen molar-refractivity contribution in [2.45, 2.75) is 40.2 Å². The van der Waals surface area contributed by atoms with Crippen LogP contribution in [0.5, 0.6) is 0 Å². The number of hydrogen-bond acceptors (Lipinski definition) is 4. The van der Waals surface area contributed by atoms with Gasteiger partial charge < -0.3 is 10.0 Å². The molecule has 5 nitrogen and oxygen atoms in total. The summed E-state index contributed by atoms with van der Waals surface area (Å²) >= 11 is 0. The molecule has 0 spiro atoms. The summed E-state index contributed by atoms with van der Waals surface area (Å²) < 4.78 is 0. The molecule has 1 aliphatic rings. The third kappa shape index (κ3) is 3.53. The van der Waals surface area contributed by atoms with Crippen molar-refractivity contribution in [1.29, 1.82) is 0 Å². The Balaban J connectivity index is 2.18. The van der Waals surface area contributed by atoms with E-state index in [0.717, 1.165) is 25.9 Å². The lowest BCUT2D eigenvalue weighted by atomic mass is 9.75. The van der Waals surface area contributed by atoms with E-state index in [0.29, 0.717) is 22.6 Å². The molecule has 0 aromatic heterocycles. The molecule has 21 heavy (non-hydrogen) atoms.